The van der Waals surface area contributed by atoms with Crippen LogP contribution in [0.2, 0.25) is 0 Å². The first kappa shape index (κ1) is 15.3. The molecule has 0 aliphatic carbocycles. The Bertz CT molecular complexity index is 175. The van der Waals surface area contributed by atoms with E-state index in [1.165, 1.54) is 0 Å². The van der Waals surface area contributed by atoms with E-state index in [-0.39, 0.29) is 5.91 Å². The Morgan fingerprint density at radius 2 is 2.00 bits per heavy atom. The average molecular weight is 232 g/mol. The standard InChI is InChI=1S/C11H24N2O3/c1-10(2)8-13-11(14)9-12-4-5-16-7-6-15-3/h10,12H,4-9H2,1-3H3,(H,13,14). The van der Waals surface area contributed by atoms with Gasteiger partial charge in [0.1, 0.15) is 0 Å². The quantitative estimate of drug-likeness (QED) is 0.521. The summed E-state index contributed by atoms with van der Waals surface area (Å²) in [5.41, 5.74) is 0. The van der Waals surface area contributed by atoms with E-state index >= 15 is 0 Å². The highest BCUT2D eigenvalue weighted by molar-refractivity contribution is 5.77. The summed E-state index contributed by atoms with van der Waals surface area (Å²) in [5, 5.41) is 5.84. The summed E-state index contributed by atoms with van der Waals surface area (Å²) in [6, 6.07) is 0. The lowest BCUT2D eigenvalue weighted by Crippen LogP contribution is -2.36. The Morgan fingerprint density at radius 3 is 2.62 bits per heavy atom. The van der Waals surface area contributed by atoms with Gasteiger partial charge in [0.25, 0.3) is 0 Å². The molecule has 0 saturated carbocycles. The summed E-state index contributed by atoms with van der Waals surface area (Å²) in [6.07, 6.45) is 0. The van der Waals surface area contributed by atoms with Crippen molar-refractivity contribution in [3.8, 4) is 0 Å². The van der Waals surface area contributed by atoms with Crippen molar-refractivity contribution < 1.29 is 14.3 Å². The Morgan fingerprint density at radius 1 is 1.25 bits per heavy atom. The van der Waals surface area contributed by atoms with Gasteiger partial charge in [-0.15, -0.1) is 0 Å². The highest BCUT2D eigenvalue weighted by Crippen LogP contribution is 1.86. The molecular formula is C11H24N2O3. The number of carbonyl (C=O) groups excluding carboxylic acids is 1. The summed E-state index contributed by atoms with van der Waals surface area (Å²) in [4.78, 5) is 11.2. The molecule has 0 unspecified atom stereocenters. The van der Waals surface area contributed by atoms with E-state index in [4.69, 9.17) is 9.47 Å². The molecule has 5 nitrogen and oxygen atoms in total. The van der Waals surface area contributed by atoms with Crippen LogP contribution in [0.3, 0.4) is 0 Å². The Labute approximate surface area is 97.9 Å². The minimum absolute atomic E-state index is 0.0330. The number of ether oxygens (including phenoxy) is 2. The molecule has 5 heteroatoms. The second-order valence-corrected chi connectivity index (χ2v) is 3.98. The van der Waals surface area contributed by atoms with E-state index in [0.29, 0.717) is 38.8 Å². The van der Waals surface area contributed by atoms with Gasteiger partial charge in [-0.25, -0.2) is 0 Å². The van der Waals surface area contributed by atoms with Gasteiger partial charge in [-0.3, -0.25) is 4.79 Å². The molecule has 0 heterocycles. The fourth-order valence-electron chi connectivity index (χ4n) is 0.971. The normalized spacial score (nSPS) is 10.8. The van der Waals surface area contributed by atoms with Crippen LogP contribution in [0.1, 0.15) is 13.8 Å². The maximum atomic E-state index is 11.2. The number of amides is 1. The van der Waals surface area contributed by atoms with E-state index in [1.54, 1.807) is 7.11 Å². The van der Waals surface area contributed by atoms with Gasteiger partial charge in [-0.05, 0) is 5.92 Å². The topological polar surface area (TPSA) is 59.6 Å². The molecule has 0 aromatic heterocycles. The highest BCUT2D eigenvalue weighted by atomic mass is 16.5. The van der Waals surface area contributed by atoms with Crippen LogP contribution in [0.4, 0.5) is 0 Å². The Kier molecular flexibility index (Phi) is 10.4. The van der Waals surface area contributed by atoms with Crippen LogP contribution in [0, 0.1) is 5.92 Å². The molecule has 2 N–H and O–H groups in total. The molecule has 0 saturated heterocycles. The number of methoxy groups -OCH3 is 1. The van der Waals surface area contributed by atoms with Gasteiger partial charge in [-0.1, -0.05) is 13.8 Å². The third-order valence-corrected chi connectivity index (χ3v) is 1.85. The van der Waals surface area contributed by atoms with Crippen molar-refractivity contribution in [3.63, 3.8) is 0 Å². The van der Waals surface area contributed by atoms with Gasteiger partial charge >= 0.3 is 0 Å². The van der Waals surface area contributed by atoms with Crippen molar-refractivity contribution in [3.05, 3.63) is 0 Å². The summed E-state index contributed by atoms with van der Waals surface area (Å²) >= 11 is 0. The molecule has 96 valence electrons. The maximum absolute atomic E-state index is 11.2. The lowest BCUT2D eigenvalue weighted by atomic mass is 10.2. The van der Waals surface area contributed by atoms with Gasteiger partial charge in [0.15, 0.2) is 0 Å². The van der Waals surface area contributed by atoms with Gasteiger partial charge in [-0.2, -0.15) is 0 Å². The Balaban J connectivity index is 3.15. The highest BCUT2D eigenvalue weighted by Gasteiger charge is 2.00. The second kappa shape index (κ2) is 10.9. The number of carbonyl (C=O) groups is 1. The van der Waals surface area contributed by atoms with Crippen LogP contribution >= 0.6 is 0 Å². The summed E-state index contributed by atoms with van der Waals surface area (Å²) in [7, 11) is 1.64. The van der Waals surface area contributed by atoms with E-state index < -0.39 is 0 Å². The molecule has 0 spiro atoms. The lowest BCUT2D eigenvalue weighted by molar-refractivity contribution is -0.120. The molecule has 16 heavy (non-hydrogen) atoms. The largest absolute Gasteiger partial charge is 0.382 e. The van der Waals surface area contributed by atoms with E-state index in [0.717, 1.165) is 6.54 Å². The summed E-state index contributed by atoms with van der Waals surface area (Å²) in [5.74, 6) is 0.520. The lowest BCUT2D eigenvalue weighted by Gasteiger charge is -2.08. The van der Waals surface area contributed by atoms with Crippen LogP contribution in [-0.4, -0.2) is 52.5 Å². The molecule has 0 fully saturated rings. The van der Waals surface area contributed by atoms with Crippen molar-refractivity contribution in [2.75, 3.05) is 46.6 Å². The minimum atomic E-state index is 0.0330. The first-order valence-corrected chi connectivity index (χ1v) is 5.71. The van der Waals surface area contributed by atoms with Crippen LogP contribution < -0.4 is 10.6 Å². The SMILES string of the molecule is COCCOCCNCC(=O)NCC(C)C. The fraction of sp³-hybridized carbons (Fsp3) is 0.909. The third-order valence-electron chi connectivity index (χ3n) is 1.85. The molecule has 0 aromatic rings. The monoisotopic (exact) mass is 232 g/mol. The molecule has 0 aliphatic heterocycles. The number of hydrogen-bond donors (Lipinski definition) is 2. The summed E-state index contributed by atoms with van der Waals surface area (Å²) in [6.45, 7) is 7.69. The van der Waals surface area contributed by atoms with Crippen molar-refractivity contribution >= 4 is 5.91 Å². The van der Waals surface area contributed by atoms with Crippen molar-refractivity contribution in [1.82, 2.24) is 10.6 Å². The molecule has 0 bridgehead atoms. The first-order valence-electron chi connectivity index (χ1n) is 5.71. The first-order chi connectivity index (χ1) is 7.66. The summed E-state index contributed by atoms with van der Waals surface area (Å²) < 4.78 is 10.1. The molecule has 0 rings (SSSR count). The Hall–Kier alpha value is -0.650. The zero-order chi connectivity index (χ0) is 12.2. The van der Waals surface area contributed by atoms with Gasteiger partial charge < -0.3 is 20.1 Å². The number of hydrogen-bond acceptors (Lipinski definition) is 4. The molecule has 1 amide bonds. The number of nitrogens with one attached hydrogen (secondary N) is 2. The van der Waals surface area contributed by atoms with E-state index in [2.05, 4.69) is 24.5 Å². The van der Waals surface area contributed by atoms with Crippen molar-refractivity contribution in [1.29, 1.82) is 0 Å². The fourth-order valence-corrected chi connectivity index (χ4v) is 0.971. The zero-order valence-electron chi connectivity index (χ0n) is 10.5. The van der Waals surface area contributed by atoms with Gasteiger partial charge in [0.05, 0.1) is 26.4 Å². The number of rotatable bonds is 10. The third kappa shape index (κ3) is 11.4. The average Bonchev–Trinajstić information content (AvgIpc) is 2.25. The van der Waals surface area contributed by atoms with Gasteiger partial charge in [0, 0.05) is 20.2 Å². The van der Waals surface area contributed by atoms with Crippen LogP contribution in [0.25, 0.3) is 0 Å². The van der Waals surface area contributed by atoms with Crippen LogP contribution in [0.5, 0.6) is 0 Å². The molecule has 0 aliphatic rings. The van der Waals surface area contributed by atoms with E-state index in [9.17, 15) is 4.79 Å². The second-order valence-electron chi connectivity index (χ2n) is 3.98. The predicted octanol–water partition coefficient (Wildman–Crippen LogP) is 0.0112. The van der Waals surface area contributed by atoms with Gasteiger partial charge in [0.2, 0.25) is 5.91 Å². The van der Waals surface area contributed by atoms with E-state index in [1.807, 2.05) is 0 Å². The van der Waals surface area contributed by atoms with Crippen molar-refractivity contribution in [2.45, 2.75) is 13.8 Å². The van der Waals surface area contributed by atoms with Crippen LogP contribution in [-0.2, 0) is 14.3 Å². The minimum Gasteiger partial charge on any atom is -0.382 e. The molecular weight excluding hydrogens is 208 g/mol. The smallest absolute Gasteiger partial charge is 0.233 e. The predicted molar refractivity (Wildman–Crippen MR) is 63.4 cm³/mol. The van der Waals surface area contributed by atoms with Crippen molar-refractivity contribution in [2.24, 2.45) is 5.92 Å². The molecule has 0 aromatic carbocycles. The maximum Gasteiger partial charge on any atom is 0.233 e. The molecule has 0 atom stereocenters. The van der Waals surface area contributed by atoms with Crippen LogP contribution in [0.15, 0.2) is 0 Å². The zero-order valence-corrected chi connectivity index (χ0v) is 10.5. The molecule has 0 radical (unpaired) electrons.